The maximum Gasteiger partial charge on any atom is 0.258 e. The third kappa shape index (κ3) is 4.34. The van der Waals surface area contributed by atoms with Crippen LogP contribution in [0.15, 0.2) is 42.5 Å². The second kappa shape index (κ2) is 7.49. The highest BCUT2D eigenvalue weighted by Gasteiger charge is 2.32. The Bertz CT molecular complexity index is 880. The molecule has 0 bridgehead atoms. The van der Waals surface area contributed by atoms with Gasteiger partial charge in [0.2, 0.25) is 0 Å². The summed E-state index contributed by atoms with van der Waals surface area (Å²) >= 11 is 0. The second-order valence-corrected chi connectivity index (χ2v) is 6.63. The Morgan fingerprint density at radius 1 is 1.27 bits per heavy atom. The topological polar surface area (TPSA) is 47.6 Å². The Kier molecular flexibility index (Phi) is 5.13. The summed E-state index contributed by atoms with van der Waals surface area (Å²) in [5.41, 5.74) is 1.10. The van der Waals surface area contributed by atoms with Gasteiger partial charge in [0, 0.05) is 12.0 Å². The van der Waals surface area contributed by atoms with Crippen molar-refractivity contribution >= 4 is 5.91 Å². The molecule has 134 valence electrons. The summed E-state index contributed by atoms with van der Waals surface area (Å²) in [6.45, 7) is 4.00. The van der Waals surface area contributed by atoms with E-state index in [-0.39, 0.29) is 30.5 Å². The number of halogens is 1. The Morgan fingerprint density at radius 3 is 2.88 bits per heavy atom. The number of carbonyl (C=O) groups excluding carboxylic acids is 1. The van der Waals surface area contributed by atoms with Crippen LogP contribution < -0.4 is 14.8 Å². The van der Waals surface area contributed by atoms with Crippen molar-refractivity contribution in [2.45, 2.75) is 25.9 Å². The number of nitrogens with one attached hydrogen (secondary N) is 1. The smallest absolute Gasteiger partial charge is 0.258 e. The van der Waals surface area contributed by atoms with Gasteiger partial charge in [-0.2, -0.15) is 0 Å². The van der Waals surface area contributed by atoms with Gasteiger partial charge >= 0.3 is 0 Å². The number of hydrogen-bond donors (Lipinski definition) is 1. The van der Waals surface area contributed by atoms with Crippen LogP contribution in [-0.2, 0) is 11.2 Å². The summed E-state index contributed by atoms with van der Waals surface area (Å²) in [4.78, 5) is 11.9. The SMILES string of the molecule is CC1(C)Cc2cccc(OCC(=O)NCC#Cc3ccccc3F)c2O1. The molecule has 1 amide bonds. The number of amides is 1. The molecule has 26 heavy (non-hydrogen) atoms. The van der Waals surface area contributed by atoms with Crippen molar-refractivity contribution in [2.75, 3.05) is 13.2 Å². The van der Waals surface area contributed by atoms with Crippen LogP contribution in [-0.4, -0.2) is 24.7 Å². The number of para-hydroxylation sites is 1. The first-order valence-corrected chi connectivity index (χ1v) is 8.38. The molecule has 2 aromatic carbocycles. The van der Waals surface area contributed by atoms with Crippen molar-refractivity contribution < 1.29 is 18.7 Å². The number of hydrogen-bond acceptors (Lipinski definition) is 3. The van der Waals surface area contributed by atoms with E-state index in [4.69, 9.17) is 9.47 Å². The fourth-order valence-corrected chi connectivity index (χ4v) is 2.74. The fraction of sp³-hybridized carbons (Fsp3) is 0.286. The van der Waals surface area contributed by atoms with Gasteiger partial charge in [-0.3, -0.25) is 4.79 Å². The molecule has 1 aliphatic heterocycles. The molecule has 0 radical (unpaired) electrons. The fourth-order valence-electron chi connectivity index (χ4n) is 2.74. The average molecular weight is 353 g/mol. The number of fused-ring (bicyclic) bond motifs is 1. The van der Waals surface area contributed by atoms with E-state index >= 15 is 0 Å². The van der Waals surface area contributed by atoms with Gasteiger partial charge in [-0.25, -0.2) is 4.39 Å². The maximum absolute atomic E-state index is 13.4. The predicted molar refractivity (Wildman–Crippen MR) is 96.6 cm³/mol. The minimum atomic E-state index is -0.379. The lowest BCUT2D eigenvalue weighted by Crippen LogP contribution is -2.29. The van der Waals surface area contributed by atoms with Gasteiger partial charge < -0.3 is 14.8 Å². The van der Waals surface area contributed by atoms with Gasteiger partial charge in [0.25, 0.3) is 5.91 Å². The molecule has 0 fully saturated rings. The third-order valence-electron chi connectivity index (χ3n) is 3.88. The van der Waals surface area contributed by atoms with Crippen LogP contribution in [0.5, 0.6) is 11.5 Å². The number of benzene rings is 2. The van der Waals surface area contributed by atoms with E-state index in [1.165, 1.54) is 6.07 Å². The summed E-state index contributed by atoms with van der Waals surface area (Å²) in [7, 11) is 0. The summed E-state index contributed by atoms with van der Waals surface area (Å²) in [5.74, 6) is 5.98. The van der Waals surface area contributed by atoms with E-state index in [2.05, 4.69) is 17.2 Å². The van der Waals surface area contributed by atoms with Crippen LogP contribution in [0.4, 0.5) is 4.39 Å². The molecule has 0 unspecified atom stereocenters. The van der Waals surface area contributed by atoms with Crippen molar-refractivity contribution in [2.24, 2.45) is 0 Å². The van der Waals surface area contributed by atoms with Crippen molar-refractivity contribution in [3.63, 3.8) is 0 Å². The highest BCUT2D eigenvalue weighted by Crippen LogP contribution is 2.41. The molecule has 1 N–H and O–H groups in total. The van der Waals surface area contributed by atoms with Crippen LogP contribution in [0.1, 0.15) is 25.0 Å². The zero-order chi connectivity index (χ0) is 18.6. The van der Waals surface area contributed by atoms with E-state index in [1.807, 2.05) is 26.0 Å². The van der Waals surface area contributed by atoms with Crippen LogP contribution >= 0.6 is 0 Å². The van der Waals surface area contributed by atoms with E-state index in [1.54, 1.807) is 24.3 Å². The summed E-state index contributed by atoms with van der Waals surface area (Å²) < 4.78 is 24.9. The third-order valence-corrected chi connectivity index (χ3v) is 3.88. The normalized spacial score (nSPS) is 13.8. The minimum absolute atomic E-state index is 0.118. The molecule has 1 aliphatic rings. The molecule has 0 atom stereocenters. The highest BCUT2D eigenvalue weighted by atomic mass is 19.1. The van der Waals surface area contributed by atoms with Crippen LogP contribution in [0.2, 0.25) is 0 Å². The van der Waals surface area contributed by atoms with Gasteiger partial charge in [0.15, 0.2) is 18.1 Å². The molecule has 0 spiro atoms. The average Bonchev–Trinajstić information content (AvgIpc) is 2.92. The summed E-state index contributed by atoms with van der Waals surface area (Å²) in [6, 6.07) is 11.9. The second-order valence-electron chi connectivity index (χ2n) is 6.63. The molecule has 0 saturated heterocycles. The lowest BCUT2D eigenvalue weighted by molar-refractivity contribution is -0.122. The lowest BCUT2D eigenvalue weighted by Gasteiger charge is -2.18. The Morgan fingerprint density at radius 2 is 2.08 bits per heavy atom. The zero-order valence-corrected chi connectivity index (χ0v) is 14.8. The Hall–Kier alpha value is -3.00. The Balaban J connectivity index is 1.51. The minimum Gasteiger partial charge on any atom is -0.483 e. The molecule has 5 heteroatoms. The van der Waals surface area contributed by atoms with Gasteiger partial charge in [-0.15, -0.1) is 0 Å². The maximum atomic E-state index is 13.4. The first kappa shape index (κ1) is 17.8. The van der Waals surface area contributed by atoms with E-state index in [0.29, 0.717) is 17.1 Å². The van der Waals surface area contributed by atoms with Crippen molar-refractivity contribution in [1.82, 2.24) is 5.32 Å². The Labute approximate surface area is 152 Å². The largest absolute Gasteiger partial charge is 0.483 e. The lowest BCUT2D eigenvalue weighted by atomic mass is 10.0. The summed E-state index contributed by atoms with van der Waals surface area (Å²) in [6.07, 6.45) is 0.803. The van der Waals surface area contributed by atoms with E-state index in [0.717, 1.165) is 12.0 Å². The number of carbonyl (C=O) groups is 1. The first-order valence-electron chi connectivity index (χ1n) is 8.38. The quantitative estimate of drug-likeness (QED) is 0.860. The van der Waals surface area contributed by atoms with Crippen molar-refractivity contribution in [3.8, 4) is 23.3 Å². The molecular weight excluding hydrogens is 333 g/mol. The predicted octanol–water partition coefficient (Wildman–Crippen LogP) is 3.09. The standard InChI is InChI=1S/C21H20FNO3/c1-21(2)13-16-8-5-11-18(20(16)26-21)25-14-19(24)23-12-6-9-15-7-3-4-10-17(15)22/h3-5,7-8,10-11H,12-14H2,1-2H3,(H,23,24). The molecule has 0 saturated carbocycles. The van der Waals surface area contributed by atoms with E-state index < -0.39 is 0 Å². The summed E-state index contributed by atoms with van der Waals surface area (Å²) in [5, 5.41) is 2.63. The van der Waals surface area contributed by atoms with Gasteiger partial charge in [0.1, 0.15) is 11.4 Å². The van der Waals surface area contributed by atoms with Crippen LogP contribution in [0, 0.1) is 17.7 Å². The monoisotopic (exact) mass is 353 g/mol. The molecule has 2 aromatic rings. The van der Waals surface area contributed by atoms with E-state index in [9.17, 15) is 9.18 Å². The van der Waals surface area contributed by atoms with Crippen LogP contribution in [0.3, 0.4) is 0 Å². The van der Waals surface area contributed by atoms with Crippen LogP contribution in [0.25, 0.3) is 0 Å². The molecule has 4 nitrogen and oxygen atoms in total. The van der Waals surface area contributed by atoms with Gasteiger partial charge in [0.05, 0.1) is 12.1 Å². The van der Waals surface area contributed by atoms with Crippen molar-refractivity contribution in [1.29, 1.82) is 0 Å². The number of ether oxygens (including phenoxy) is 2. The molecule has 0 aromatic heterocycles. The molecule has 3 rings (SSSR count). The number of rotatable bonds is 4. The molecular formula is C21H20FNO3. The molecule has 0 aliphatic carbocycles. The first-order chi connectivity index (χ1) is 12.4. The zero-order valence-electron chi connectivity index (χ0n) is 14.8. The van der Waals surface area contributed by atoms with Gasteiger partial charge in [-0.1, -0.05) is 36.1 Å². The highest BCUT2D eigenvalue weighted by molar-refractivity contribution is 5.78. The van der Waals surface area contributed by atoms with Gasteiger partial charge in [-0.05, 0) is 32.0 Å². The van der Waals surface area contributed by atoms with Crippen molar-refractivity contribution in [3.05, 3.63) is 59.4 Å². The molecule has 1 heterocycles.